The molecule has 0 radical (unpaired) electrons. The second kappa shape index (κ2) is 8.63. The summed E-state index contributed by atoms with van der Waals surface area (Å²) in [6, 6.07) is 10.7. The number of hydrogen-bond donors (Lipinski definition) is 1. The molecule has 6 nitrogen and oxygen atoms in total. The molecule has 1 heterocycles. The van der Waals surface area contributed by atoms with Crippen molar-refractivity contribution >= 4 is 11.9 Å². The summed E-state index contributed by atoms with van der Waals surface area (Å²) in [5.41, 5.74) is 5.64. The van der Waals surface area contributed by atoms with Crippen molar-refractivity contribution in [3.05, 3.63) is 52.6 Å². The van der Waals surface area contributed by atoms with Crippen LogP contribution in [-0.4, -0.2) is 57.7 Å². The van der Waals surface area contributed by atoms with Crippen molar-refractivity contribution in [1.29, 1.82) is 0 Å². The Morgan fingerprint density at radius 1 is 1.04 bits per heavy atom. The minimum Gasteiger partial charge on any atom is -0.493 e. The molecule has 0 amide bonds. The molecule has 0 aliphatic carbocycles. The van der Waals surface area contributed by atoms with Crippen molar-refractivity contribution in [2.45, 2.75) is 26.3 Å². The summed E-state index contributed by atoms with van der Waals surface area (Å²) in [6.45, 7) is 3.76. The Morgan fingerprint density at radius 3 is 2.39 bits per heavy atom. The van der Waals surface area contributed by atoms with E-state index in [9.17, 15) is 0 Å². The first-order valence-corrected chi connectivity index (χ1v) is 9.41. The molecule has 0 fully saturated rings. The summed E-state index contributed by atoms with van der Waals surface area (Å²) in [5, 5.41) is 3.51. The number of ether oxygens (including phenoxy) is 2. The maximum absolute atomic E-state index is 5.50. The van der Waals surface area contributed by atoms with E-state index in [-0.39, 0.29) is 6.29 Å². The number of rotatable bonds is 7. The number of fused-ring (bicyclic) bond motifs is 1. The molecule has 2 aromatic rings. The molecule has 1 unspecified atom stereocenters. The van der Waals surface area contributed by atoms with Gasteiger partial charge in [0.15, 0.2) is 17.8 Å². The molecule has 0 bridgehead atoms. The van der Waals surface area contributed by atoms with E-state index in [0.717, 1.165) is 41.4 Å². The molecule has 150 valence electrons. The number of benzene rings is 2. The minimum atomic E-state index is -0.137. The number of aliphatic imine (C=N–C) groups is 1. The fourth-order valence-corrected chi connectivity index (χ4v) is 3.59. The molecule has 0 spiro atoms. The molecule has 6 heteroatoms. The molecule has 0 saturated heterocycles. The minimum absolute atomic E-state index is 0.137. The number of methoxy groups -OCH3 is 2. The van der Waals surface area contributed by atoms with Gasteiger partial charge in [0, 0.05) is 42.2 Å². The van der Waals surface area contributed by atoms with Crippen LogP contribution in [0.3, 0.4) is 0 Å². The van der Waals surface area contributed by atoms with Crippen LogP contribution in [0.25, 0.3) is 0 Å². The van der Waals surface area contributed by atoms with Gasteiger partial charge in [0.05, 0.1) is 14.2 Å². The number of nitrogens with one attached hydrogen (secondary N) is 1. The van der Waals surface area contributed by atoms with E-state index in [1.54, 1.807) is 14.2 Å². The lowest BCUT2D eigenvalue weighted by molar-refractivity contribution is 0.263. The highest BCUT2D eigenvalue weighted by molar-refractivity contribution is 5.93. The van der Waals surface area contributed by atoms with Gasteiger partial charge in [0.2, 0.25) is 0 Å². The fourth-order valence-electron chi connectivity index (χ4n) is 3.59. The second-order valence-electron chi connectivity index (χ2n) is 7.47. The Bertz CT molecular complexity index is 864. The molecular formula is C22H30N4O2. The van der Waals surface area contributed by atoms with Gasteiger partial charge < -0.3 is 19.7 Å². The molecule has 1 N–H and O–H groups in total. The van der Waals surface area contributed by atoms with Crippen LogP contribution in [0, 0.1) is 6.92 Å². The van der Waals surface area contributed by atoms with Crippen LogP contribution in [0.1, 0.15) is 22.3 Å². The summed E-state index contributed by atoms with van der Waals surface area (Å²) >= 11 is 0. The average molecular weight is 383 g/mol. The fraction of sp³-hybridized carbons (Fsp3) is 0.409. The monoisotopic (exact) mass is 382 g/mol. The van der Waals surface area contributed by atoms with Gasteiger partial charge in [-0.05, 0) is 39.2 Å². The van der Waals surface area contributed by atoms with E-state index < -0.39 is 0 Å². The maximum Gasteiger partial charge on any atom is 0.176 e. The van der Waals surface area contributed by atoms with Crippen molar-refractivity contribution in [1.82, 2.24) is 9.80 Å². The van der Waals surface area contributed by atoms with E-state index >= 15 is 0 Å². The third-order valence-electron chi connectivity index (χ3n) is 4.93. The SMILES string of the molecule is COc1cc2c(c(C)c1OC)C=NC(N(C)Cc1cccc(CN(C)C)c1)N2. The highest BCUT2D eigenvalue weighted by Crippen LogP contribution is 2.38. The van der Waals surface area contributed by atoms with Gasteiger partial charge in [-0.2, -0.15) is 0 Å². The normalized spacial score (nSPS) is 15.5. The summed E-state index contributed by atoms with van der Waals surface area (Å²) in [4.78, 5) is 9.09. The van der Waals surface area contributed by atoms with Crippen LogP contribution < -0.4 is 14.8 Å². The zero-order chi connectivity index (χ0) is 20.3. The van der Waals surface area contributed by atoms with Crippen LogP contribution in [0.15, 0.2) is 35.3 Å². The lowest BCUT2D eigenvalue weighted by atomic mass is 10.0. The van der Waals surface area contributed by atoms with Crippen molar-refractivity contribution < 1.29 is 9.47 Å². The van der Waals surface area contributed by atoms with Gasteiger partial charge in [-0.25, -0.2) is 0 Å². The Labute approximate surface area is 167 Å². The first-order chi connectivity index (χ1) is 13.4. The third-order valence-corrected chi connectivity index (χ3v) is 4.93. The summed E-state index contributed by atoms with van der Waals surface area (Å²) in [5.74, 6) is 1.47. The van der Waals surface area contributed by atoms with Crippen molar-refractivity contribution in [2.24, 2.45) is 4.99 Å². The average Bonchev–Trinajstić information content (AvgIpc) is 2.67. The van der Waals surface area contributed by atoms with Crippen molar-refractivity contribution in [3.63, 3.8) is 0 Å². The van der Waals surface area contributed by atoms with Gasteiger partial charge in [-0.3, -0.25) is 9.89 Å². The Balaban J connectivity index is 1.77. The van der Waals surface area contributed by atoms with Crippen LogP contribution in [0.2, 0.25) is 0 Å². The standard InChI is InChI=1S/C22H30N4O2/c1-15-18-12-23-22(24-19(18)11-20(27-5)21(15)28-6)26(4)14-17-9-7-8-16(10-17)13-25(2)3/h7-12,22,24H,13-14H2,1-6H3. The predicted molar refractivity (Wildman–Crippen MR) is 115 cm³/mol. The molecule has 1 aliphatic rings. The van der Waals surface area contributed by atoms with Crippen molar-refractivity contribution in [2.75, 3.05) is 40.7 Å². The summed E-state index contributed by atoms with van der Waals surface area (Å²) in [7, 11) is 9.56. The predicted octanol–water partition coefficient (Wildman–Crippen LogP) is 3.33. The molecule has 3 rings (SSSR count). The Hall–Kier alpha value is -2.57. The highest BCUT2D eigenvalue weighted by Gasteiger charge is 2.23. The molecule has 1 aliphatic heterocycles. The lowest BCUT2D eigenvalue weighted by Crippen LogP contribution is -2.38. The van der Waals surface area contributed by atoms with E-state index in [2.05, 4.69) is 60.5 Å². The number of nitrogens with zero attached hydrogens (tertiary/aromatic N) is 3. The highest BCUT2D eigenvalue weighted by atomic mass is 16.5. The molecular weight excluding hydrogens is 352 g/mol. The zero-order valence-electron chi connectivity index (χ0n) is 17.6. The maximum atomic E-state index is 5.50. The Kier molecular flexibility index (Phi) is 6.21. The lowest BCUT2D eigenvalue weighted by Gasteiger charge is -2.31. The van der Waals surface area contributed by atoms with Gasteiger partial charge in [0.25, 0.3) is 0 Å². The molecule has 2 aromatic carbocycles. The van der Waals surface area contributed by atoms with E-state index in [1.165, 1.54) is 11.1 Å². The van der Waals surface area contributed by atoms with Crippen LogP contribution in [0.4, 0.5) is 5.69 Å². The number of hydrogen-bond acceptors (Lipinski definition) is 6. The number of anilines is 1. The molecule has 0 aromatic heterocycles. The van der Waals surface area contributed by atoms with Crippen LogP contribution >= 0.6 is 0 Å². The van der Waals surface area contributed by atoms with Gasteiger partial charge in [-0.1, -0.05) is 24.3 Å². The largest absolute Gasteiger partial charge is 0.493 e. The van der Waals surface area contributed by atoms with Crippen LogP contribution in [0.5, 0.6) is 11.5 Å². The second-order valence-corrected chi connectivity index (χ2v) is 7.47. The first-order valence-electron chi connectivity index (χ1n) is 9.41. The first kappa shape index (κ1) is 20.2. The molecule has 0 saturated carbocycles. The van der Waals surface area contributed by atoms with Gasteiger partial charge >= 0.3 is 0 Å². The quantitative estimate of drug-likeness (QED) is 0.796. The van der Waals surface area contributed by atoms with E-state index in [1.807, 2.05) is 19.2 Å². The summed E-state index contributed by atoms with van der Waals surface area (Å²) < 4.78 is 11.0. The zero-order valence-corrected chi connectivity index (χ0v) is 17.6. The molecule has 28 heavy (non-hydrogen) atoms. The Morgan fingerprint density at radius 2 is 1.75 bits per heavy atom. The van der Waals surface area contributed by atoms with Crippen LogP contribution in [-0.2, 0) is 13.1 Å². The topological polar surface area (TPSA) is 49.3 Å². The van der Waals surface area contributed by atoms with Gasteiger partial charge in [-0.15, -0.1) is 0 Å². The van der Waals surface area contributed by atoms with E-state index in [4.69, 9.17) is 14.5 Å². The third kappa shape index (κ3) is 4.29. The summed E-state index contributed by atoms with van der Waals surface area (Å²) in [6.07, 6.45) is 1.79. The molecule has 1 atom stereocenters. The van der Waals surface area contributed by atoms with E-state index in [0.29, 0.717) is 0 Å². The van der Waals surface area contributed by atoms with Gasteiger partial charge in [0.1, 0.15) is 0 Å². The smallest absolute Gasteiger partial charge is 0.176 e. The van der Waals surface area contributed by atoms with Crippen molar-refractivity contribution in [3.8, 4) is 11.5 Å².